The summed E-state index contributed by atoms with van der Waals surface area (Å²) in [5.74, 6) is -0.938. The van der Waals surface area contributed by atoms with Crippen molar-refractivity contribution in [1.29, 1.82) is 0 Å². The minimum absolute atomic E-state index is 0.0743. The summed E-state index contributed by atoms with van der Waals surface area (Å²) in [6, 6.07) is 12.6. The fraction of sp³-hybridized carbons (Fsp3) is 0.286. The molecule has 2 rings (SSSR count). The first kappa shape index (κ1) is 21.4. The van der Waals surface area contributed by atoms with Gasteiger partial charge in [-0.05, 0) is 48.4 Å². The summed E-state index contributed by atoms with van der Waals surface area (Å²) in [6.45, 7) is 5.27. The number of rotatable bonds is 7. The molecule has 0 aliphatic carbocycles. The molecule has 2 unspecified atom stereocenters. The second kappa shape index (κ2) is 9.90. The SMILES string of the molecule is CCC(C)C(NC(=O)c1ccc(Cl)cc1)C(=O)Nc1cccc(NC(C)=O)c1. The molecule has 28 heavy (non-hydrogen) atoms. The molecule has 0 bridgehead atoms. The van der Waals surface area contributed by atoms with Crippen LogP contribution in [-0.2, 0) is 9.59 Å². The molecule has 2 atom stereocenters. The molecular weight excluding hydrogens is 378 g/mol. The first-order valence-corrected chi connectivity index (χ1v) is 9.43. The van der Waals surface area contributed by atoms with Crippen molar-refractivity contribution in [3.63, 3.8) is 0 Å². The largest absolute Gasteiger partial charge is 0.340 e. The molecule has 0 saturated heterocycles. The Kier molecular flexibility index (Phi) is 7.58. The Morgan fingerprint density at radius 2 is 1.61 bits per heavy atom. The van der Waals surface area contributed by atoms with Crippen LogP contribution in [0.15, 0.2) is 48.5 Å². The highest BCUT2D eigenvalue weighted by atomic mass is 35.5. The minimum Gasteiger partial charge on any atom is -0.340 e. The highest BCUT2D eigenvalue weighted by molar-refractivity contribution is 6.30. The Hall–Kier alpha value is -2.86. The Morgan fingerprint density at radius 1 is 1.00 bits per heavy atom. The molecule has 7 heteroatoms. The summed E-state index contributed by atoms with van der Waals surface area (Å²) in [5.41, 5.74) is 1.54. The predicted molar refractivity (Wildman–Crippen MR) is 112 cm³/mol. The summed E-state index contributed by atoms with van der Waals surface area (Å²) >= 11 is 5.86. The average Bonchev–Trinajstić information content (AvgIpc) is 2.65. The number of halogens is 1. The lowest BCUT2D eigenvalue weighted by Crippen LogP contribution is -2.47. The zero-order valence-corrected chi connectivity index (χ0v) is 16.8. The molecule has 3 N–H and O–H groups in total. The van der Waals surface area contributed by atoms with Gasteiger partial charge in [0.15, 0.2) is 0 Å². The van der Waals surface area contributed by atoms with Crippen LogP contribution in [0.5, 0.6) is 0 Å². The van der Waals surface area contributed by atoms with E-state index in [1.54, 1.807) is 48.5 Å². The van der Waals surface area contributed by atoms with Crippen LogP contribution in [0, 0.1) is 5.92 Å². The molecule has 0 radical (unpaired) electrons. The number of nitrogens with one attached hydrogen (secondary N) is 3. The van der Waals surface area contributed by atoms with E-state index < -0.39 is 6.04 Å². The molecule has 0 aliphatic heterocycles. The van der Waals surface area contributed by atoms with Crippen LogP contribution >= 0.6 is 11.6 Å². The van der Waals surface area contributed by atoms with Gasteiger partial charge in [-0.3, -0.25) is 14.4 Å². The van der Waals surface area contributed by atoms with E-state index in [1.807, 2.05) is 13.8 Å². The van der Waals surface area contributed by atoms with Gasteiger partial charge in [0.05, 0.1) is 0 Å². The van der Waals surface area contributed by atoms with Crippen molar-refractivity contribution in [2.75, 3.05) is 10.6 Å². The van der Waals surface area contributed by atoms with Gasteiger partial charge in [0.25, 0.3) is 5.91 Å². The Bertz CT molecular complexity index is 852. The number of carbonyl (C=O) groups excluding carboxylic acids is 3. The van der Waals surface area contributed by atoms with Gasteiger partial charge >= 0.3 is 0 Å². The predicted octanol–water partition coefficient (Wildman–Crippen LogP) is 4.08. The first-order chi connectivity index (χ1) is 13.3. The zero-order chi connectivity index (χ0) is 20.7. The molecule has 0 fully saturated rings. The number of carbonyl (C=O) groups is 3. The van der Waals surface area contributed by atoms with Gasteiger partial charge in [0.2, 0.25) is 11.8 Å². The van der Waals surface area contributed by atoms with Gasteiger partial charge in [0.1, 0.15) is 6.04 Å². The van der Waals surface area contributed by atoms with Crippen LogP contribution in [0.4, 0.5) is 11.4 Å². The summed E-state index contributed by atoms with van der Waals surface area (Å²) < 4.78 is 0. The lowest BCUT2D eigenvalue weighted by molar-refractivity contribution is -0.119. The van der Waals surface area contributed by atoms with E-state index >= 15 is 0 Å². The topological polar surface area (TPSA) is 87.3 Å². The number of hydrogen-bond donors (Lipinski definition) is 3. The molecule has 0 heterocycles. The van der Waals surface area contributed by atoms with Crippen LogP contribution < -0.4 is 16.0 Å². The van der Waals surface area contributed by atoms with Crippen LogP contribution in [0.1, 0.15) is 37.6 Å². The molecule has 0 spiro atoms. The molecule has 0 aromatic heterocycles. The van der Waals surface area contributed by atoms with Crippen molar-refractivity contribution in [3.05, 3.63) is 59.1 Å². The number of anilines is 2. The van der Waals surface area contributed by atoms with E-state index in [2.05, 4.69) is 16.0 Å². The Labute approximate surface area is 169 Å². The van der Waals surface area contributed by atoms with E-state index in [9.17, 15) is 14.4 Å². The van der Waals surface area contributed by atoms with E-state index in [0.29, 0.717) is 28.4 Å². The molecule has 2 aromatic carbocycles. The summed E-state index contributed by atoms with van der Waals surface area (Å²) in [6.07, 6.45) is 0.713. The fourth-order valence-electron chi connectivity index (χ4n) is 2.63. The summed E-state index contributed by atoms with van der Waals surface area (Å²) in [7, 11) is 0. The molecule has 148 valence electrons. The fourth-order valence-corrected chi connectivity index (χ4v) is 2.75. The maximum absolute atomic E-state index is 12.8. The third-order valence-electron chi connectivity index (χ3n) is 4.34. The van der Waals surface area contributed by atoms with Gasteiger partial charge in [-0.1, -0.05) is 37.9 Å². The van der Waals surface area contributed by atoms with Gasteiger partial charge in [-0.2, -0.15) is 0 Å². The van der Waals surface area contributed by atoms with E-state index in [4.69, 9.17) is 11.6 Å². The second-order valence-electron chi connectivity index (χ2n) is 6.59. The Morgan fingerprint density at radius 3 is 2.18 bits per heavy atom. The lowest BCUT2D eigenvalue weighted by atomic mass is 9.97. The molecule has 0 aliphatic rings. The normalized spacial score (nSPS) is 12.6. The highest BCUT2D eigenvalue weighted by Gasteiger charge is 2.26. The van der Waals surface area contributed by atoms with Crippen molar-refractivity contribution >= 4 is 40.7 Å². The van der Waals surface area contributed by atoms with Gasteiger partial charge < -0.3 is 16.0 Å². The van der Waals surface area contributed by atoms with Gasteiger partial charge in [0, 0.05) is 28.9 Å². The molecule has 2 aromatic rings. The third-order valence-corrected chi connectivity index (χ3v) is 4.59. The molecule has 0 saturated carbocycles. The highest BCUT2D eigenvalue weighted by Crippen LogP contribution is 2.18. The first-order valence-electron chi connectivity index (χ1n) is 9.05. The second-order valence-corrected chi connectivity index (χ2v) is 7.03. The van der Waals surface area contributed by atoms with Gasteiger partial charge in [-0.15, -0.1) is 0 Å². The van der Waals surface area contributed by atoms with Crippen LogP contribution in [0.25, 0.3) is 0 Å². The smallest absolute Gasteiger partial charge is 0.251 e. The molecular formula is C21H24ClN3O3. The molecule has 3 amide bonds. The Balaban J connectivity index is 2.13. The van der Waals surface area contributed by atoms with E-state index in [-0.39, 0.29) is 23.6 Å². The van der Waals surface area contributed by atoms with Crippen molar-refractivity contribution in [1.82, 2.24) is 5.32 Å². The van der Waals surface area contributed by atoms with Crippen molar-refractivity contribution in [3.8, 4) is 0 Å². The minimum atomic E-state index is -0.711. The number of benzene rings is 2. The zero-order valence-electron chi connectivity index (χ0n) is 16.1. The maximum atomic E-state index is 12.8. The summed E-state index contributed by atoms with van der Waals surface area (Å²) in [4.78, 5) is 36.6. The van der Waals surface area contributed by atoms with Crippen LogP contribution in [0.3, 0.4) is 0 Å². The van der Waals surface area contributed by atoms with Gasteiger partial charge in [-0.25, -0.2) is 0 Å². The number of hydrogen-bond acceptors (Lipinski definition) is 3. The summed E-state index contributed by atoms with van der Waals surface area (Å²) in [5, 5.41) is 8.82. The van der Waals surface area contributed by atoms with E-state index in [1.165, 1.54) is 6.92 Å². The third kappa shape index (κ3) is 6.09. The number of amides is 3. The van der Waals surface area contributed by atoms with Crippen molar-refractivity contribution in [2.45, 2.75) is 33.2 Å². The van der Waals surface area contributed by atoms with Crippen molar-refractivity contribution in [2.24, 2.45) is 5.92 Å². The van der Waals surface area contributed by atoms with Crippen LogP contribution in [0.2, 0.25) is 5.02 Å². The maximum Gasteiger partial charge on any atom is 0.251 e. The van der Waals surface area contributed by atoms with E-state index in [0.717, 1.165) is 0 Å². The molecule has 6 nitrogen and oxygen atoms in total. The van der Waals surface area contributed by atoms with Crippen LogP contribution in [-0.4, -0.2) is 23.8 Å². The quantitative estimate of drug-likeness (QED) is 0.653. The monoisotopic (exact) mass is 401 g/mol. The lowest BCUT2D eigenvalue weighted by Gasteiger charge is -2.23. The standard InChI is InChI=1S/C21H24ClN3O3/c1-4-13(2)19(25-20(27)15-8-10-16(22)11-9-15)21(28)24-18-7-5-6-17(12-18)23-14(3)26/h5-13,19H,4H2,1-3H3,(H,23,26)(H,24,28)(H,25,27). The average molecular weight is 402 g/mol. The van der Waals surface area contributed by atoms with Crippen molar-refractivity contribution < 1.29 is 14.4 Å².